The Labute approximate surface area is 99.4 Å². The van der Waals surface area contributed by atoms with Crippen molar-refractivity contribution < 1.29 is 0 Å². The van der Waals surface area contributed by atoms with Crippen LogP contribution in [0.1, 0.15) is 19.4 Å². The summed E-state index contributed by atoms with van der Waals surface area (Å²) in [5.74, 6) is 0. The van der Waals surface area contributed by atoms with Crippen molar-refractivity contribution in [2.24, 2.45) is 5.41 Å². The Balaban J connectivity index is 2.67. The summed E-state index contributed by atoms with van der Waals surface area (Å²) in [5, 5.41) is 12.1. The van der Waals surface area contributed by atoms with E-state index < -0.39 is 0 Å². The highest BCUT2D eigenvalue weighted by atomic mass is 79.9. The van der Waals surface area contributed by atoms with E-state index in [1.165, 1.54) is 5.56 Å². The SMILES string of the molecule is Cc1ccc(NCC(C)(C)C#N)cc1Br. The minimum Gasteiger partial charge on any atom is -0.383 e. The van der Waals surface area contributed by atoms with Crippen LogP contribution in [0, 0.1) is 23.7 Å². The molecule has 0 aliphatic heterocycles. The molecule has 0 heterocycles. The zero-order valence-corrected chi connectivity index (χ0v) is 10.9. The van der Waals surface area contributed by atoms with E-state index in [-0.39, 0.29) is 5.41 Å². The summed E-state index contributed by atoms with van der Waals surface area (Å²) in [6.07, 6.45) is 0. The second kappa shape index (κ2) is 4.67. The molecule has 15 heavy (non-hydrogen) atoms. The van der Waals surface area contributed by atoms with Gasteiger partial charge in [0, 0.05) is 16.7 Å². The molecule has 0 saturated carbocycles. The number of benzene rings is 1. The van der Waals surface area contributed by atoms with Gasteiger partial charge in [0.25, 0.3) is 0 Å². The summed E-state index contributed by atoms with van der Waals surface area (Å²) in [7, 11) is 0. The van der Waals surface area contributed by atoms with Gasteiger partial charge >= 0.3 is 0 Å². The van der Waals surface area contributed by atoms with E-state index in [1.54, 1.807) is 0 Å². The van der Waals surface area contributed by atoms with Crippen molar-refractivity contribution in [1.82, 2.24) is 0 Å². The number of nitrogens with one attached hydrogen (secondary N) is 1. The standard InChI is InChI=1S/C12H15BrN2/c1-9-4-5-10(6-11(9)13)15-8-12(2,3)7-14/h4-6,15H,8H2,1-3H3. The van der Waals surface area contributed by atoms with Gasteiger partial charge in [-0.1, -0.05) is 22.0 Å². The summed E-state index contributed by atoms with van der Waals surface area (Å²) in [6.45, 7) is 6.54. The molecule has 0 aliphatic carbocycles. The van der Waals surface area contributed by atoms with Crippen LogP contribution in [0.5, 0.6) is 0 Å². The highest BCUT2D eigenvalue weighted by Gasteiger charge is 2.15. The fraction of sp³-hybridized carbons (Fsp3) is 0.417. The van der Waals surface area contributed by atoms with Crippen molar-refractivity contribution in [3.05, 3.63) is 28.2 Å². The predicted octanol–water partition coefficient (Wildman–Crippen LogP) is 3.72. The van der Waals surface area contributed by atoms with Crippen LogP contribution in [0.3, 0.4) is 0 Å². The molecule has 0 aliphatic rings. The van der Waals surface area contributed by atoms with Gasteiger partial charge in [-0.2, -0.15) is 5.26 Å². The fourth-order valence-electron chi connectivity index (χ4n) is 1.07. The smallest absolute Gasteiger partial charge is 0.0702 e. The third-order valence-corrected chi connectivity index (χ3v) is 3.06. The fourth-order valence-corrected chi connectivity index (χ4v) is 1.44. The van der Waals surface area contributed by atoms with Gasteiger partial charge in [-0.15, -0.1) is 0 Å². The number of halogens is 1. The van der Waals surface area contributed by atoms with E-state index in [0.717, 1.165) is 10.2 Å². The molecule has 3 heteroatoms. The number of aryl methyl sites for hydroxylation is 1. The lowest BCUT2D eigenvalue weighted by Gasteiger charge is -2.17. The van der Waals surface area contributed by atoms with E-state index in [0.29, 0.717) is 6.54 Å². The Hall–Kier alpha value is -1.01. The van der Waals surface area contributed by atoms with Gasteiger partial charge in [0.15, 0.2) is 0 Å². The molecule has 0 bridgehead atoms. The van der Waals surface area contributed by atoms with Crippen LogP contribution in [0.4, 0.5) is 5.69 Å². The van der Waals surface area contributed by atoms with Crippen LogP contribution < -0.4 is 5.32 Å². The molecule has 1 aromatic carbocycles. The Morgan fingerprint density at radius 2 is 2.13 bits per heavy atom. The van der Waals surface area contributed by atoms with Gasteiger partial charge in [-0.05, 0) is 38.5 Å². The summed E-state index contributed by atoms with van der Waals surface area (Å²) in [5.41, 5.74) is 1.91. The molecular formula is C12H15BrN2. The van der Waals surface area contributed by atoms with Crippen molar-refractivity contribution in [2.45, 2.75) is 20.8 Å². The topological polar surface area (TPSA) is 35.8 Å². The Morgan fingerprint density at radius 3 is 2.67 bits per heavy atom. The molecule has 0 spiro atoms. The van der Waals surface area contributed by atoms with Crippen molar-refractivity contribution in [1.29, 1.82) is 5.26 Å². The first-order valence-electron chi connectivity index (χ1n) is 4.86. The summed E-state index contributed by atoms with van der Waals surface area (Å²) in [6, 6.07) is 8.36. The number of nitrogens with zero attached hydrogens (tertiary/aromatic N) is 1. The summed E-state index contributed by atoms with van der Waals surface area (Å²) >= 11 is 3.48. The quantitative estimate of drug-likeness (QED) is 0.905. The first-order valence-corrected chi connectivity index (χ1v) is 5.65. The minimum atomic E-state index is -0.336. The molecule has 1 rings (SSSR count). The van der Waals surface area contributed by atoms with Crippen molar-refractivity contribution in [3.63, 3.8) is 0 Å². The molecular weight excluding hydrogens is 252 g/mol. The maximum absolute atomic E-state index is 8.87. The molecule has 1 N–H and O–H groups in total. The molecule has 2 nitrogen and oxygen atoms in total. The Kier molecular flexibility index (Phi) is 3.76. The van der Waals surface area contributed by atoms with Gasteiger partial charge in [-0.3, -0.25) is 0 Å². The minimum absolute atomic E-state index is 0.336. The predicted molar refractivity (Wildman–Crippen MR) is 66.8 cm³/mol. The normalized spacial score (nSPS) is 10.9. The van der Waals surface area contributed by atoms with Crippen molar-refractivity contribution in [2.75, 3.05) is 11.9 Å². The molecule has 0 saturated heterocycles. The average molecular weight is 267 g/mol. The number of nitriles is 1. The lowest BCUT2D eigenvalue weighted by atomic mass is 9.96. The van der Waals surface area contributed by atoms with Crippen LogP contribution in [0.15, 0.2) is 22.7 Å². The zero-order chi connectivity index (χ0) is 11.5. The molecule has 0 fully saturated rings. The molecule has 1 aromatic rings. The van der Waals surface area contributed by atoms with Crippen LogP contribution in [-0.2, 0) is 0 Å². The van der Waals surface area contributed by atoms with Gasteiger partial charge in [0.05, 0.1) is 11.5 Å². The Bertz CT molecular complexity index is 391. The van der Waals surface area contributed by atoms with Crippen molar-refractivity contribution >= 4 is 21.6 Å². The molecule has 0 radical (unpaired) electrons. The van der Waals surface area contributed by atoms with Gasteiger partial charge in [0.1, 0.15) is 0 Å². The van der Waals surface area contributed by atoms with Crippen LogP contribution in [-0.4, -0.2) is 6.54 Å². The number of hydrogen-bond acceptors (Lipinski definition) is 2. The first-order chi connectivity index (χ1) is 6.94. The second-order valence-electron chi connectivity index (χ2n) is 4.31. The van der Waals surface area contributed by atoms with Gasteiger partial charge in [-0.25, -0.2) is 0 Å². The van der Waals surface area contributed by atoms with E-state index in [2.05, 4.69) is 27.3 Å². The molecule has 0 amide bonds. The summed E-state index contributed by atoms with van der Waals surface area (Å²) < 4.78 is 1.09. The summed E-state index contributed by atoms with van der Waals surface area (Å²) in [4.78, 5) is 0. The lowest BCUT2D eigenvalue weighted by molar-refractivity contribution is 0.529. The third-order valence-electron chi connectivity index (χ3n) is 2.21. The molecule has 0 unspecified atom stereocenters. The second-order valence-corrected chi connectivity index (χ2v) is 5.17. The van der Waals surface area contributed by atoms with Crippen LogP contribution >= 0.6 is 15.9 Å². The van der Waals surface area contributed by atoms with Crippen molar-refractivity contribution in [3.8, 4) is 6.07 Å². The lowest BCUT2D eigenvalue weighted by Crippen LogP contribution is -2.20. The van der Waals surface area contributed by atoms with Gasteiger partial charge in [0.2, 0.25) is 0 Å². The number of anilines is 1. The highest BCUT2D eigenvalue weighted by molar-refractivity contribution is 9.10. The number of hydrogen-bond donors (Lipinski definition) is 1. The largest absolute Gasteiger partial charge is 0.383 e. The van der Waals surface area contributed by atoms with Crippen LogP contribution in [0.2, 0.25) is 0 Å². The van der Waals surface area contributed by atoms with E-state index >= 15 is 0 Å². The third kappa shape index (κ3) is 3.56. The highest BCUT2D eigenvalue weighted by Crippen LogP contribution is 2.22. The van der Waals surface area contributed by atoms with E-state index in [9.17, 15) is 0 Å². The zero-order valence-electron chi connectivity index (χ0n) is 9.26. The first kappa shape index (κ1) is 12.1. The van der Waals surface area contributed by atoms with Gasteiger partial charge < -0.3 is 5.32 Å². The molecule has 0 atom stereocenters. The maximum Gasteiger partial charge on any atom is 0.0702 e. The van der Waals surface area contributed by atoms with Crippen LogP contribution in [0.25, 0.3) is 0 Å². The molecule has 0 aromatic heterocycles. The average Bonchev–Trinajstić information content (AvgIpc) is 2.20. The van der Waals surface area contributed by atoms with E-state index in [4.69, 9.17) is 5.26 Å². The maximum atomic E-state index is 8.87. The van der Waals surface area contributed by atoms with E-state index in [1.807, 2.05) is 39.0 Å². The molecule has 80 valence electrons. The monoisotopic (exact) mass is 266 g/mol. The Morgan fingerprint density at radius 1 is 1.47 bits per heavy atom. The number of rotatable bonds is 3.